The molecular weight excluding hydrogens is 356 g/mol. The maximum Gasteiger partial charge on any atom is 0.266 e. The van der Waals surface area contributed by atoms with Gasteiger partial charge in [-0.05, 0) is 17.2 Å². The molecule has 126 valence electrons. The molecular formula is C19H15ClN2O2S. The Hall–Kier alpha value is -2.37. The molecule has 0 spiro atoms. The third-order valence-corrected chi connectivity index (χ3v) is 6.23. The monoisotopic (exact) mass is 370 g/mol. The van der Waals surface area contributed by atoms with E-state index in [9.17, 15) is 9.59 Å². The first-order valence-corrected chi connectivity index (χ1v) is 9.10. The quantitative estimate of drug-likeness (QED) is 0.749. The van der Waals surface area contributed by atoms with E-state index in [0.717, 1.165) is 21.2 Å². The van der Waals surface area contributed by atoms with Crippen LogP contribution in [0.1, 0.15) is 20.8 Å². The van der Waals surface area contributed by atoms with E-state index >= 15 is 0 Å². The van der Waals surface area contributed by atoms with Crippen molar-refractivity contribution in [2.75, 3.05) is 0 Å². The van der Waals surface area contributed by atoms with Crippen molar-refractivity contribution in [1.82, 2.24) is 4.90 Å². The second-order valence-electron chi connectivity index (χ2n) is 6.07. The summed E-state index contributed by atoms with van der Waals surface area (Å²) in [7, 11) is 0. The number of fused-ring (bicyclic) bond motifs is 2. The normalized spacial score (nSPS) is 16.7. The van der Waals surface area contributed by atoms with Gasteiger partial charge in [0.1, 0.15) is 10.9 Å². The van der Waals surface area contributed by atoms with Gasteiger partial charge in [-0.15, -0.1) is 11.3 Å². The van der Waals surface area contributed by atoms with Crippen molar-refractivity contribution in [1.29, 1.82) is 0 Å². The predicted molar refractivity (Wildman–Crippen MR) is 99.8 cm³/mol. The molecule has 2 heterocycles. The number of rotatable bonds is 2. The minimum absolute atomic E-state index is 0.246. The van der Waals surface area contributed by atoms with Gasteiger partial charge in [-0.1, -0.05) is 54.1 Å². The Labute approximate surface area is 153 Å². The number of carbonyl (C=O) groups is 2. The number of nitrogens with zero attached hydrogens (tertiary/aromatic N) is 1. The maximum atomic E-state index is 13.2. The van der Waals surface area contributed by atoms with Gasteiger partial charge in [-0.25, -0.2) is 0 Å². The van der Waals surface area contributed by atoms with Crippen LogP contribution >= 0.6 is 22.9 Å². The average Bonchev–Trinajstić information content (AvgIpc) is 2.97. The summed E-state index contributed by atoms with van der Waals surface area (Å²) < 4.78 is 0.948. The number of carbonyl (C=O) groups excluding carboxylic acids is 2. The van der Waals surface area contributed by atoms with Crippen LogP contribution in [0, 0.1) is 0 Å². The SMILES string of the molecule is NC(=O)[C@@H]1Cc2ccccc2CN1C(=O)c1sc2ccccc2c1Cl. The van der Waals surface area contributed by atoms with Crippen molar-refractivity contribution < 1.29 is 9.59 Å². The molecule has 0 saturated heterocycles. The number of benzene rings is 2. The summed E-state index contributed by atoms with van der Waals surface area (Å²) >= 11 is 7.79. The zero-order valence-corrected chi connectivity index (χ0v) is 14.8. The van der Waals surface area contributed by atoms with Crippen LogP contribution in [0.25, 0.3) is 10.1 Å². The number of halogens is 1. The number of thiophene rings is 1. The lowest BCUT2D eigenvalue weighted by molar-refractivity contribution is -0.122. The van der Waals surface area contributed by atoms with E-state index in [1.165, 1.54) is 11.3 Å². The minimum atomic E-state index is -0.663. The molecule has 1 atom stereocenters. The van der Waals surface area contributed by atoms with E-state index < -0.39 is 11.9 Å². The van der Waals surface area contributed by atoms with Crippen molar-refractivity contribution in [2.24, 2.45) is 5.73 Å². The van der Waals surface area contributed by atoms with Gasteiger partial charge in [0.2, 0.25) is 5.91 Å². The van der Waals surface area contributed by atoms with Crippen LogP contribution in [0.4, 0.5) is 0 Å². The molecule has 4 nitrogen and oxygen atoms in total. The molecule has 2 amide bonds. The van der Waals surface area contributed by atoms with Crippen LogP contribution in [0.5, 0.6) is 0 Å². The van der Waals surface area contributed by atoms with E-state index in [1.54, 1.807) is 4.90 Å². The lowest BCUT2D eigenvalue weighted by Crippen LogP contribution is -2.51. The van der Waals surface area contributed by atoms with Crippen LogP contribution in [0.3, 0.4) is 0 Å². The van der Waals surface area contributed by atoms with Gasteiger partial charge in [0.25, 0.3) is 5.91 Å². The molecule has 6 heteroatoms. The van der Waals surface area contributed by atoms with Gasteiger partial charge >= 0.3 is 0 Å². The highest BCUT2D eigenvalue weighted by molar-refractivity contribution is 7.21. The Morgan fingerprint density at radius 1 is 1.08 bits per heavy atom. The molecule has 1 aromatic heterocycles. The molecule has 0 fully saturated rings. The zero-order valence-electron chi connectivity index (χ0n) is 13.2. The van der Waals surface area contributed by atoms with Gasteiger partial charge in [0.15, 0.2) is 0 Å². The lowest BCUT2D eigenvalue weighted by Gasteiger charge is -2.34. The summed E-state index contributed by atoms with van der Waals surface area (Å²) in [6.45, 7) is 0.354. The first-order valence-electron chi connectivity index (χ1n) is 7.90. The Balaban J connectivity index is 1.77. The summed E-state index contributed by atoms with van der Waals surface area (Å²) in [5.74, 6) is -0.746. The second kappa shape index (κ2) is 6.17. The molecule has 2 aromatic carbocycles. The molecule has 0 saturated carbocycles. The molecule has 25 heavy (non-hydrogen) atoms. The van der Waals surface area contributed by atoms with Gasteiger partial charge in [0, 0.05) is 23.1 Å². The number of primary amides is 1. The molecule has 2 N–H and O–H groups in total. The molecule has 0 bridgehead atoms. The molecule has 3 aromatic rings. The fourth-order valence-electron chi connectivity index (χ4n) is 3.27. The van der Waals surface area contributed by atoms with Gasteiger partial charge in [-0.3, -0.25) is 9.59 Å². The van der Waals surface area contributed by atoms with Crippen LogP contribution in [-0.4, -0.2) is 22.8 Å². The Bertz CT molecular complexity index is 998. The summed E-state index contributed by atoms with van der Waals surface area (Å²) in [6, 6.07) is 14.8. The molecule has 1 aliphatic heterocycles. The molecule has 0 aliphatic carbocycles. The van der Waals surface area contributed by atoms with E-state index in [4.69, 9.17) is 17.3 Å². The average molecular weight is 371 g/mol. The fraction of sp³-hybridized carbons (Fsp3) is 0.158. The summed E-state index contributed by atoms with van der Waals surface area (Å²) in [5, 5.41) is 1.29. The van der Waals surface area contributed by atoms with Crippen LogP contribution in [-0.2, 0) is 17.8 Å². The van der Waals surface area contributed by atoms with Crippen LogP contribution < -0.4 is 5.73 Å². The Morgan fingerprint density at radius 3 is 2.48 bits per heavy atom. The van der Waals surface area contributed by atoms with Crippen molar-refractivity contribution in [3.05, 3.63) is 69.6 Å². The first-order chi connectivity index (χ1) is 12.1. The Morgan fingerprint density at radius 2 is 1.76 bits per heavy atom. The van der Waals surface area contributed by atoms with Crippen molar-refractivity contribution in [3.63, 3.8) is 0 Å². The molecule has 0 unspecified atom stereocenters. The number of hydrogen-bond acceptors (Lipinski definition) is 3. The van der Waals surface area contributed by atoms with E-state index in [-0.39, 0.29) is 5.91 Å². The number of nitrogens with two attached hydrogens (primary N) is 1. The Kier molecular flexibility index (Phi) is 3.98. The van der Waals surface area contributed by atoms with E-state index in [2.05, 4.69) is 0 Å². The smallest absolute Gasteiger partial charge is 0.266 e. The highest BCUT2D eigenvalue weighted by Gasteiger charge is 2.35. The van der Waals surface area contributed by atoms with Crippen LogP contribution in [0.2, 0.25) is 5.02 Å². The number of hydrogen-bond donors (Lipinski definition) is 1. The maximum absolute atomic E-state index is 13.2. The van der Waals surface area contributed by atoms with Gasteiger partial charge in [0.05, 0.1) is 5.02 Å². The molecule has 4 rings (SSSR count). The van der Waals surface area contributed by atoms with Crippen molar-refractivity contribution >= 4 is 44.8 Å². The predicted octanol–water partition coefficient (Wildman–Crippen LogP) is 3.61. The molecule has 1 aliphatic rings. The highest BCUT2D eigenvalue weighted by Crippen LogP contribution is 2.37. The van der Waals surface area contributed by atoms with Gasteiger partial charge < -0.3 is 10.6 Å². The summed E-state index contributed by atoms with van der Waals surface area (Å²) in [4.78, 5) is 27.1. The van der Waals surface area contributed by atoms with Gasteiger partial charge in [-0.2, -0.15) is 0 Å². The fourth-order valence-corrected chi connectivity index (χ4v) is 4.74. The third kappa shape index (κ3) is 2.69. The van der Waals surface area contributed by atoms with Crippen molar-refractivity contribution in [3.8, 4) is 0 Å². The summed E-state index contributed by atoms with van der Waals surface area (Å²) in [5.41, 5.74) is 7.67. The van der Waals surface area contributed by atoms with E-state index in [0.29, 0.717) is 22.9 Å². The summed E-state index contributed by atoms with van der Waals surface area (Å²) in [6.07, 6.45) is 0.430. The lowest BCUT2D eigenvalue weighted by atomic mass is 9.93. The largest absolute Gasteiger partial charge is 0.368 e. The minimum Gasteiger partial charge on any atom is -0.368 e. The first kappa shape index (κ1) is 16.1. The van der Waals surface area contributed by atoms with Crippen molar-refractivity contribution in [2.45, 2.75) is 19.0 Å². The second-order valence-corrected chi connectivity index (χ2v) is 7.50. The number of amides is 2. The molecule has 0 radical (unpaired) electrons. The van der Waals surface area contributed by atoms with E-state index in [1.807, 2.05) is 48.5 Å². The highest BCUT2D eigenvalue weighted by atomic mass is 35.5. The van der Waals surface area contributed by atoms with Crippen LogP contribution in [0.15, 0.2) is 48.5 Å². The third-order valence-electron chi connectivity index (χ3n) is 4.57. The standard InChI is InChI=1S/C19H15ClN2O2S/c20-16-13-7-3-4-8-15(13)25-17(16)19(24)22-10-12-6-2-1-5-11(12)9-14(22)18(21)23/h1-8,14H,9-10H2,(H2,21,23)/t14-/m0/s1. The zero-order chi connectivity index (χ0) is 17.6. The topological polar surface area (TPSA) is 63.4 Å².